The Morgan fingerprint density at radius 3 is 2.37 bits per heavy atom. The number of nitrogens with two attached hydrogens (primary N) is 1. The number of ether oxygens (including phenoxy) is 2. The lowest BCUT2D eigenvalue weighted by Gasteiger charge is -2.43. The van der Waals surface area contributed by atoms with Crippen molar-refractivity contribution >= 4 is 5.69 Å². The van der Waals surface area contributed by atoms with Crippen LogP contribution in [0.2, 0.25) is 0 Å². The molecule has 0 amide bonds. The van der Waals surface area contributed by atoms with Crippen LogP contribution in [0.15, 0.2) is 24.3 Å². The Balaban J connectivity index is 1.97. The van der Waals surface area contributed by atoms with E-state index in [1.807, 2.05) is 26.0 Å². The van der Waals surface area contributed by atoms with E-state index in [4.69, 9.17) is 15.2 Å². The summed E-state index contributed by atoms with van der Waals surface area (Å²) in [6.07, 6.45) is 0.205. The smallest absolute Gasteiger partial charge is 0.119 e. The minimum atomic E-state index is 0.127. The molecule has 1 aliphatic heterocycles. The van der Waals surface area contributed by atoms with Crippen LogP contribution in [0.5, 0.6) is 5.75 Å². The average molecular weight is 264 g/mol. The molecule has 0 bridgehead atoms. The molecule has 106 valence electrons. The van der Waals surface area contributed by atoms with Crippen LogP contribution in [0.3, 0.4) is 0 Å². The second-order valence-electron chi connectivity index (χ2n) is 5.71. The summed E-state index contributed by atoms with van der Waals surface area (Å²) in [4.78, 5) is 2.23. The van der Waals surface area contributed by atoms with Crippen LogP contribution >= 0.6 is 0 Å². The van der Waals surface area contributed by atoms with Crippen LogP contribution in [-0.2, 0) is 4.74 Å². The molecule has 4 nitrogen and oxygen atoms in total. The van der Waals surface area contributed by atoms with E-state index in [1.54, 1.807) is 0 Å². The first kappa shape index (κ1) is 14.2. The summed E-state index contributed by atoms with van der Waals surface area (Å²) in [6.45, 7) is 7.19. The normalized spacial score (nSPS) is 17.1. The minimum absolute atomic E-state index is 0.127. The SMILES string of the molecule is CC(C)Oc1ccc(N(C)CC2(CN)COC2)cc1. The van der Waals surface area contributed by atoms with Crippen LogP contribution in [-0.4, -0.2) is 39.5 Å². The first-order valence-corrected chi connectivity index (χ1v) is 6.80. The summed E-state index contributed by atoms with van der Waals surface area (Å²) in [5.74, 6) is 0.910. The number of hydrogen-bond acceptors (Lipinski definition) is 4. The maximum atomic E-state index is 5.85. The highest BCUT2D eigenvalue weighted by Gasteiger charge is 2.38. The second kappa shape index (κ2) is 5.80. The summed E-state index contributed by atoms with van der Waals surface area (Å²) >= 11 is 0. The standard InChI is InChI=1S/C15H24N2O2/c1-12(2)19-14-6-4-13(5-7-14)17(3)9-15(8-16)10-18-11-15/h4-7,12H,8-11,16H2,1-3H3. The van der Waals surface area contributed by atoms with E-state index in [1.165, 1.54) is 5.69 Å². The molecule has 1 fully saturated rings. The molecule has 19 heavy (non-hydrogen) atoms. The summed E-state index contributed by atoms with van der Waals surface area (Å²) in [6, 6.07) is 8.19. The van der Waals surface area contributed by atoms with Gasteiger partial charge in [0, 0.05) is 31.2 Å². The van der Waals surface area contributed by atoms with E-state index < -0.39 is 0 Å². The van der Waals surface area contributed by atoms with E-state index in [0.29, 0.717) is 6.54 Å². The van der Waals surface area contributed by atoms with Gasteiger partial charge in [0.2, 0.25) is 0 Å². The van der Waals surface area contributed by atoms with E-state index in [-0.39, 0.29) is 11.5 Å². The van der Waals surface area contributed by atoms with Gasteiger partial charge in [0.25, 0.3) is 0 Å². The molecule has 0 unspecified atom stereocenters. The number of rotatable bonds is 6. The summed E-state index contributed by atoms with van der Waals surface area (Å²) in [7, 11) is 2.09. The number of hydrogen-bond donors (Lipinski definition) is 1. The molecule has 1 aromatic rings. The van der Waals surface area contributed by atoms with E-state index >= 15 is 0 Å². The summed E-state index contributed by atoms with van der Waals surface area (Å²) in [5.41, 5.74) is 7.15. The lowest BCUT2D eigenvalue weighted by molar-refractivity contribution is -0.101. The second-order valence-corrected chi connectivity index (χ2v) is 5.71. The third-order valence-electron chi connectivity index (χ3n) is 3.47. The molecule has 2 rings (SSSR count). The van der Waals surface area contributed by atoms with Gasteiger partial charge in [-0.15, -0.1) is 0 Å². The van der Waals surface area contributed by atoms with Gasteiger partial charge < -0.3 is 20.1 Å². The molecular weight excluding hydrogens is 240 g/mol. The Kier molecular flexibility index (Phi) is 4.32. The Morgan fingerprint density at radius 1 is 1.32 bits per heavy atom. The Hall–Kier alpha value is -1.26. The minimum Gasteiger partial charge on any atom is -0.491 e. The predicted molar refractivity (Wildman–Crippen MR) is 77.8 cm³/mol. The summed E-state index contributed by atoms with van der Waals surface area (Å²) < 4.78 is 10.9. The molecule has 2 N–H and O–H groups in total. The number of nitrogens with zero attached hydrogens (tertiary/aromatic N) is 1. The molecule has 1 heterocycles. The molecule has 0 saturated carbocycles. The van der Waals surface area contributed by atoms with Gasteiger partial charge in [-0.3, -0.25) is 0 Å². The van der Waals surface area contributed by atoms with Crippen molar-refractivity contribution in [3.63, 3.8) is 0 Å². The zero-order valence-electron chi connectivity index (χ0n) is 12.1. The molecular formula is C15H24N2O2. The largest absolute Gasteiger partial charge is 0.491 e. The summed E-state index contributed by atoms with van der Waals surface area (Å²) in [5, 5.41) is 0. The highest BCUT2D eigenvalue weighted by Crippen LogP contribution is 2.29. The van der Waals surface area contributed by atoms with Crippen molar-refractivity contribution in [1.29, 1.82) is 0 Å². The van der Waals surface area contributed by atoms with Gasteiger partial charge in [-0.1, -0.05) is 0 Å². The first-order chi connectivity index (χ1) is 9.04. The van der Waals surface area contributed by atoms with Crippen molar-refractivity contribution in [2.24, 2.45) is 11.1 Å². The van der Waals surface area contributed by atoms with Gasteiger partial charge in [0.05, 0.1) is 19.3 Å². The molecule has 0 radical (unpaired) electrons. The molecule has 1 saturated heterocycles. The molecule has 0 atom stereocenters. The third kappa shape index (κ3) is 3.39. The van der Waals surface area contributed by atoms with Gasteiger partial charge in [0.1, 0.15) is 5.75 Å². The monoisotopic (exact) mass is 264 g/mol. The Labute approximate surface area is 115 Å². The predicted octanol–water partition coefficient (Wildman–Crippen LogP) is 1.89. The average Bonchev–Trinajstić information content (AvgIpc) is 2.34. The van der Waals surface area contributed by atoms with Crippen LogP contribution in [0, 0.1) is 5.41 Å². The molecule has 1 aromatic carbocycles. The van der Waals surface area contributed by atoms with Crippen LogP contribution in [0.25, 0.3) is 0 Å². The Bertz CT molecular complexity index is 394. The lowest BCUT2D eigenvalue weighted by Crippen LogP contribution is -2.54. The molecule has 0 aromatic heterocycles. The van der Waals surface area contributed by atoms with Gasteiger partial charge in [0.15, 0.2) is 0 Å². The van der Waals surface area contributed by atoms with Gasteiger partial charge >= 0.3 is 0 Å². The zero-order chi connectivity index (χ0) is 13.9. The Morgan fingerprint density at radius 2 is 1.95 bits per heavy atom. The molecule has 1 aliphatic rings. The van der Waals surface area contributed by atoms with Crippen molar-refractivity contribution in [3.8, 4) is 5.75 Å². The number of benzene rings is 1. The highest BCUT2D eigenvalue weighted by molar-refractivity contribution is 5.48. The van der Waals surface area contributed by atoms with Crippen molar-refractivity contribution in [1.82, 2.24) is 0 Å². The van der Waals surface area contributed by atoms with E-state index in [9.17, 15) is 0 Å². The number of anilines is 1. The van der Waals surface area contributed by atoms with Gasteiger partial charge in [-0.25, -0.2) is 0 Å². The van der Waals surface area contributed by atoms with E-state index in [0.717, 1.165) is 25.5 Å². The van der Waals surface area contributed by atoms with Gasteiger partial charge in [-0.2, -0.15) is 0 Å². The fourth-order valence-corrected chi connectivity index (χ4v) is 2.31. The maximum absolute atomic E-state index is 5.85. The molecule has 0 spiro atoms. The van der Waals surface area contributed by atoms with Crippen molar-refractivity contribution in [2.45, 2.75) is 20.0 Å². The molecule has 4 heteroatoms. The fraction of sp³-hybridized carbons (Fsp3) is 0.600. The molecule has 0 aliphatic carbocycles. The van der Waals surface area contributed by atoms with Crippen molar-refractivity contribution in [3.05, 3.63) is 24.3 Å². The quantitative estimate of drug-likeness (QED) is 0.852. The highest BCUT2D eigenvalue weighted by atomic mass is 16.5. The van der Waals surface area contributed by atoms with Gasteiger partial charge in [-0.05, 0) is 38.1 Å². The fourth-order valence-electron chi connectivity index (χ4n) is 2.31. The van der Waals surface area contributed by atoms with Crippen LogP contribution < -0.4 is 15.4 Å². The lowest BCUT2D eigenvalue weighted by atomic mass is 9.85. The maximum Gasteiger partial charge on any atom is 0.119 e. The van der Waals surface area contributed by atoms with Crippen LogP contribution in [0.1, 0.15) is 13.8 Å². The van der Waals surface area contributed by atoms with Crippen LogP contribution in [0.4, 0.5) is 5.69 Å². The van der Waals surface area contributed by atoms with Crippen molar-refractivity contribution in [2.75, 3.05) is 38.3 Å². The topological polar surface area (TPSA) is 47.7 Å². The third-order valence-corrected chi connectivity index (χ3v) is 3.47. The first-order valence-electron chi connectivity index (χ1n) is 6.80. The van der Waals surface area contributed by atoms with Crippen molar-refractivity contribution < 1.29 is 9.47 Å². The van der Waals surface area contributed by atoms with E-state index in [2.05, 4.69) is 24.1 Å². The zero-order valence-corrected chi connectivity index (χ0v) is 12.1.